The Kier molecular flexibility index (Phi) is 3.73. The van der Waals surface area contributed by atoms with Gasteiger partial charge in [0.25, 0.3) is 5.95 Å². The zero-order valence-electron chi connectivity index (χ0n) is 9.01. The van der Waals surface area contributed by atoms with Gasteiger partial charge < -0.3 is 5.32 Å². The molecule has 1 saturated heterocycles. The van der Waals surface area contributed by atoms with Crippen LogP contribution in [-0.2, 0) is 11.8 Å². The first kappa shape index (κ1) is 11.3. The van der Waals surface area contributed by atoms with E-state index < -0.39 is 0 Å². The van der Waals surface area contributed by atoms with E-state index in [-0.39, 0.29) is 17.9 Å². The summed E-state index contributed by atoms with van der Waals surface area (Å²) in [5, 5.41) is 17.1. The van der Waals surface area contributed by atoms with Crippen molar-refractivity contribution in [1.29, 1.82) is 0 Å². The number of aromatic nitrogens is 4. The fourth-order valence-corrected chi connectivity index (χ4v) is 2.43. The lowest BCUT2D eigenvalue weighted by atomic mass is 10.2. The molecule has 1 amide bonds. The van der Waals surface area contributed by atoms with Gasteiger partial charge in [0.05, 0.1) is 7.05 Å². The van der Waals surface area contributed by atoms with Gasteiger partial charge in [-0.25, -0.2) is 0 Å². The van der Waals surface area contributed by atoms with E-state index >= 15 is 0 Å². The molecule has 2 heterocycles. The van der Waals surface area contributed by atoms with Crippen molar-refractivity contribution in [3.8, 4) is 0 Å². The van der Waals surface area contributed by atoms with Gasteiger partial charge in [0.15, 0.2) is 0 Å². The quantitative estimate of drug-likeness (QED) is 0.725. The average Bonchev–Trinajstić information content (AvgIpc) is 2.65. The highest BCUT2D eigenvalue weighted by Crippen LogP contribution is 2.10. The summed E-state index contributed by atoms with van der Waals surface area (Å²) in [6.45, 7) is 0.964. The van der Waals surface area contributed by atoms with Crippen LogP contribution in [0.5, 0.6) is 0 Å². The van der Waals surface area contributed by atoms with E-state index in [2.05, 4.69) is 26.0 Å². The molecule has 8 heteroatoms. The van der Waals surface area contributed by atoms with Gasteiger partial charge in [-0.2, -0.15) is 16.6 Å². The maximum absolute atomic E-state index is 11.6. The zero-order chi connectivity index (χ0) is 11.4. The van der Waals surface area contributed by atoms with E-state index in [4.69, 9.17) is 0 Å². The number of aryl methyl sites for hydroxylation is 1. The van der Waals surface area contributed by atoms with Crippen molar-refractivity contribution in [3.05, 3.63) is 0 Å². The number of rotatable bonds is 3. The molecule has 0 aromatic carbocycles. The number of tetrazole rings is 1. The van der Waals surface area contributed by atoms with Crippen LogP contribution in [0.25, 0.3) is 0 Å². The Morgan fingerprint density at radius 3 is 3.25 bits per heavy atom. The molecule has 1 aromatic heterocycles. The van der Waals surface area contributed by atoms with Crippen LogP contribution in [0, 0.1) is 0 Å². The van der Waals surface area contributed by atoms with E-state index in [0.717, 1.165) is 18.1 Å². The summed E-state index contributed by atoms with van der Waals surface area (Å²) < 4.78 is 0. The molecule has 1 atom stereocenters. The SMILES string of the molecule is Cn1nnc(NC(=O)CC2CSCCN2)n1. The second-order valence-electron chi connectivity index (χ2n) is 3.58. The van der Waals surface area contributed by atoms with Crippen LogP contribution >= 0.6 is 11.8 Å². The number of nitrogens with zero attached hydrogens (tertiary/aromatic N) is 4. The molecule has 7 nitrogen and oxygen atoms in total. The topological polar surface area (TPSA) is 84.7 Å². The van der Waals surface area contributed by atoms with Crippen LogP contribution in [-0.4, -0.2) is 50.2 Å². The van der Waals surface area contributed by atoms with E-state index in [1.54, 1.807) is 7.05 Å². The first-order valence-corrected chi connectivity index (χ1v) is 6.24. The van der Waals surface area contributed by atoms with Crippen LogP contribution in [0.4, 0.5) is 5.95 Å². The molecule has 1 aliphatic heterocycles. The minimum atomic E-state index is -0.0759. The van der Waals surface area contributed by atoms with Gasteiger partial charge >= 0.3 is 0 Å². The smallest absolute Gasteiger partial charge is 0.270 e. The molecular weight excluding hydrogens is 228 g/mol. The Labute approximate surface area is 97.3 Å². The van der Waals surface area contributed by atoms with Gasteiger partial charge in [0, 0.05) is 30.5 Å². The molecule has 1 fully saturated rings. The predicted molar refractivity (Wildman–Crippen MR) is 61.2 cm³/mol. The summed E-state index contributed by atoms with van der Waals surface area (Å²) >= 11 is 1.87. The van der Waals surface area contributed by atoms with Gasteiger partial charge in [-0.15, -0.1) is 5.10 Å². The largest absolute Gasteiger partial charge is 0.312 e. The molecular formula is C8H14N6OS. The molecule has 0 aliphatic carbocycles. The van der Waals surface area contributed by atoms with Crippen molar-refractivity contribution >= 4 is 23.6 Å². The lowest BCUT2D eigenvalue weighted by molar-refractivity contribution is -0.116. The summed E-state index contributed by atoms with van der Waals surface area (Å²) in [6.07, 6.45) is 0.450. The van der Waals surface area contributed by atoms with Crippen molar-refractivity contribution in [2.75, 3.05) is 23.4 Å². The normalized spacial score (nSPS) is 20.7. The molecule has 1 unspecified atom stereocenters. The van der Waals surface area contributed by atoms with Crippen molar-refractivity contribution in [2.45, 2.75) is 12.5 Å². The lowest BCUT2D eigenvalue weighted by Gasteiger charge is -2.22. The molecule has 16 heavy (non-hydrogen) atoms. The summed E-state index contributed by atoms with van der Waals surface area (Å²) in [5.74, 6) is 2.27. The maximum Gasteiger partial charge on any atom is 0.270 e. The van der Waals surface area contributed by atoms with E-state index in [1.807, 2.05) is 11.8 Å². The summed E-state index contributed by atoms with van der Waals surface area (Å²) in [5.41, 5.74) is 0. The Morgan fingerprint density at radius 1 is 1.75 bits per heavy atom. The third-order valence-corrected chi connectivity index (χ3v) is 3.32. The van der Waals surface area contributed by atoms with E-state index in [1.165, 1.54) is 4.80 Å². The number of hydrogen-bond donors (Lipinski definition) is 2. The molecule has 0 spiro atoms. The van der Waals surface area contributed by atoms with Crippen molar-refractivity contribution in [3.63, 3.8) is 0 Å². The third kappa shape index (κ3) is 3.17. The monoisotopic (exact) mass is 242 g/mol. The molecule has 1 aliphatic rings. The van der Waals surface area contributed by atoms with Gasteiger partial charge in [-0.3, -0.25) is 10.1 Å². The molecule has 1 aromatic rings. The summed E-state index contributed by atoms with van der Waals surface area (Å²) in [4.78, 5) is 12.9. The van der Waals surface area contributed by atoms with Crippen LogP contribution in [0.15, 0.2) is 0 Å². The number of thioether (sulfide) groups is 1. The van der Waals surface area contributed by atoms with Crippen LogP contribution in [0.1, 0.15) is 6.42 Å². The Morgan fingerprint density at radius 2 is 2.62 bits per heavy atom. The fourth-order valence-electron chi connectivity index (χ4n) is 1.48. The number of carbonyl (C=O) groups excluding carboxylic acids is 1. The van der Waals surface area contributed by atoms with Crippen molar-refractivity contribution in [1.82, 2.24) is 25.5 Å². The highest BCUT2D eigenvalue weighted by molar-refractivity contribution is 7.99. The first-order chi connectivity index (χ1) is 7.74. The number of hydrogen-bond acceptors (Lipinski definition) is 6. The van der Waals surface area contributed by atoms with Crippen LogP contribution < -0.4 is 10.6 Å². The Balaban J connectivity index is 1.79. The Bertz CT molecular complexity index is 361. The zero-order valence-corrected chi connectivity index (χ0v) is 9.83. The number of nitrogens with one attached hydrogen (secondary N) is 2. The minimum absolute atomic E-state index is 0.0759. The third-order valence-electron chi connectivity index (χ3n) is 2.19. The minimum Gasteiger partial charge on any atom is -0.312 e. The second-order valence-corrected chi connectivity index (χ2v) is 4.73. The van der Waals surface area contributed by atoms with Crippen molar-refractivity contribution < 1.29 is 4.79 Å². The molecule has 88 valence electrons. The second kappa shape index (κ2) is 5.26. The van der Waals surface area contributed by atoms with Gasteiger partial charge in [0.2, 0.25) is 5.91 Å². The lowest BCUT2D eigenvalue weighted by Crippen LogP contribution is -2.40. The van der Waals surface area contributed by atoms with Crippen molar-refractivity contribution in [2.24, 2.45) is 7.05 Å². The van der Waals surface area contributed by atoms with E-state index in [9.17, 15) is 4.79 Å². The molecule has 0 radical (unpaired) electrons. The van der Waals surface area contributed by atoms with Crippen LogP contribution in [0.2, 0.25) is 0 Å². The average molecular weight is 242 g/mol. The van der Waals surface area contributed by atoms with Gasteiger partial charge in [-0.05, 0) is 5.21 Å². The first-order valence-electron chi connectivity index (χ1n) is 5.09. The number of anilines is 1. The number of carbonyl (C=O) groups is 1. The highest BCUT2D eigenvalue weighted by atomic mass is 32.2. The maximum atomic E-state index is 11.6. The van der Waals surface area contributed by atoms with Gasteiger partial charge in [-0.1, -0.05) is 5.10 Å². The predicted octanol–water partition coefficient (Wildman–Crippen LogP) is -0.756. The summed E-state index contributed by atoms with van der Waals surface area (Å²) in [7, 11) is 1.65. The number of amides is 1. The van der Waals surface area contributed by atoms with Crippen LogP contribution in [0.3, 0.4) is 0 Å². The molecule has 0 saturated carbocycles. The molecule has 2 N–H and O–H groups in total. The highest BCUT2D eigenvalue weighted by Gasteiger charge is 2.17. The van der Waals surface area contributed by atoms with E-state index in [0.29, 0.717) is 6.42 Å². The fraction of sp³-hybridized carbons (Fsp3) is 0.750. The summed E-state index contributed by atoms with van der Waals surface area (Å²) in [6, 6.07) is 0.246. The Hall–Kier alpha value is -1.15. The standard InChI is InChI=1S/C8H14N6OS/c1-14-12-8(11-13-14)10-7(15)4-6-5-16-3-2-9-6/h6,9H,2-5H2,1H3,(H,10,12,15). The molecule has 0 bridgehead atoms. The molecule has 2 rings (SSSR count). The van der Waals surface area contributed by atoms with Gasteiger partial charge in [0.1, 0.15) is 0 Å².